The predicted molar refractivity (Wildman–Crippen MR) is 76.4 cm³/mol. The number of halogens is 2. The van der Waals surface area contributed by atoms with E-state index in [0.29, 0.717) is 17.3 Å². The zero-order valence-corrected chi connectivity index (χ0v) is 13.7. The number of benzene rings is 1. The molecule has 0 aromatic heterocycles. The molecule has 0 bridgehead atoms. The van der Waals surface area contributed by atoms with Crippen LogP contribution in [-0.4, -0.2) is 36.4 Å². The molecule has 0 amide bonds. The third-order valence-electron chi connectivity index (χ3n) is 2.97. The van der Waals surface area contributed by atoms with Crippen LogP contribution in [0.5, 0.6) is 0 Å². The third kappa shape index (κ3) is 2.86. The molecule has 0 saturated carbocycles. The highest BCUT2D eigenvalue weighted by atomic mass is 79.9. The van der Waals surface area contributed by atoms with Gasteiger partial charge in [-0.25, -0.2) is 8.42 Å². The standard InChI is InChI=1S/C11H11Br2NO4S/c12-7-3-4-10(8(13)6-7)19(17,18)14-5-1-2-9(14)11(15)16/h3-4,6,9H,1-2,5H2,(H,15,16)/t9-/m0/s1. The number of hydrogen-bond acceptors (Lipinski definition) is 3. The molecule has 1 fully saturated rings. The van der Waals surface area contributed by atoms with Gasteiger partial charge in [0.1, 0.15) is 6.04 Å². The molecule has 1 aromatic carbocycles. The van der Waals surface area contributed by atoms with E-state index >= 15 is 0 Å². The number of carboxylic acids is 1. The second-order valence-corrected chi connectivity index (χ2v) is 7.82. The first-order valence-electron chi connectivity index (χ1n) is 5.54. The quantitative estimate of drug-likeness (QED) is 0.827. The number of aliphatic carboxylic acids is 1. The second kappa shape index (κ2) is 5.51. The summed E-state index contributed by atoms with van der Waals surface area (Å²) < 4.78 is 27.2. The molecule has 19 heavy (non-hydrogen) atoms. The number of sulfonamides is 1. The minimum atomic E-state index is -3.80. The summed E-state index contributed by atoms with van der Waals surface area (Å²) in [5.74, 6) is -1.10. The lowest BCUT2D eigenvalue weighted by Gasteiger charge is -2.21. The molecule has 1 atom stereocenters. The van der Waals surface area contributed by atoms with Crippen LogP contribution in [0.4, 0.5) is 0 Å². The summed E-state index contributed by atoms with van der Waals surface area (Å²) in [6, 6.07) is 3.73. The summed E-state index contributed by atoms with van der Waals surface area (Å²) in [5.41, 5.74) is 0. The zero-order chi connectivity index (χ0) is 14.2. The highest BCUT2D eigenvalue weighted by Crippen LogP contribution is 2.32. The van der Waals surface area contributed by atoms with Crippen LogP contribution in [-0.2, 0) is 14.8 Å². The largest absolute Gasteiger partial charge is 0.480 e. The van der Waals surface area contributed by atoms with E-state index in [4.69, 9.17) is 5.11 Å². The van der Waals surface area contributed by atoms with Crippen LogP contribution in [0.25, 0.3) is 0 Å². The molecule has 1 aliphatic heterocycles. The zero-order valence-electron chi connectivity index (χ0n) is 9.71. The molecule has 0 spiro atoms. The topological polar surface area (TPSA) is 74.7 Å². The predicted octanol–water partition coefficient (Wildman–Crippen LogP) is 2.45. The summed E-state index contributed by atoms with van der Waals surface area (Å²) in [6.45, 7) is 0.238. The highest BCUT2D eigenvalue weighted by molar-refractivity contribution is 9.11. The molecule has 1 aromatic rings. The van der Waals surface area contributed by atoms with Crippen molar-refractivity contribution in [2.24, 2.45) is 0 Å². The number of carboxylic acid groups (broad SMARTS) is 1. The Labute approximate surface area is 127 Å². The van der Waals surface area contributed by atoms with Gasteiger partial charge in [-0.2, -0.15) is 4.31 Å². The van der Waals surface area contributed by atoms with E-state index in [2.05, 4.69) is 31.9 Å². The minimum absolute atomic E-state index is 0.0869. The molecule has 104 valence electrons. The fraction of sp³-hybridized carbons (Fsp3) is 0.364. The van der Waals surface area contributed by atoms with Gasteiger partial charge in [0, 0.05) is 15.5 Å². The Balaban J connectivity index is 2.45. The lowest BCUT2D eigenvalue weighted by atomic mass is 10.2. The molecule has 0 aliphatic carbocycles. The van der Waals surface area contributed by atoms with Crippen molar-refractivity contribution in [1.82, 2.24) is 4.31 Å². The van der Waals surface area contributed by atoms with E-state index < -0.39 is 22.0 Å². The summed E-state index contributed by atoms with van der Waals surface area (Å²) >= 11 is 6.45. The first-order valence-corrected chi connectivity index (χ1v) is 8.56. The summed E-state index contributed by atoms with van der Waals surface area (Å²) in [7, 11) is -3.80. The molecule has 1 heterocycles. The molecule has 8 heteroatoms. The molecular weight excluding hydrogens is 402 g/mol. The molecule has 1 N–H and O–H groups in total. The first kappa shape index (κ1) is 15.0. The van der Waals surface area contributed by atoms with E-state index in [1.807, 2.05) is 0 Å². The fourth-order valence-electron chi connectivity index (χ4n) is 2.09. The van der Waals surface area contributed by atoms with Crippen LogP contribution < -0.4 is 0 Å². The number of hydrogen-bond donors (Lipinski definition) is 1. The molecule has 1 aliphatic rings. The Hall–Kier alpha value is -0.440. The maximum Gasteiger partial charge on any atom is 0.322 e. The van der Waals surface area contributed by atoms with Gasteiger partial charge in [0.25, 0.3) is 0 Å². The van der Waals surface area contributed by atoms with Crippen molar-refractivity contribution >= 4 is 47.9 Å². The maximum absolute atomic E-state index is 12.5. The van der Waals surface area contributed by atoms with E-state index in [1.165, 1.54) is 6.07 Å². The molecule has 5 nitrogen and oxygen atoms in total. The fourth-order valence-corrected chi connectivity index (χ4v) is 5.44. The summed E-state index contributed by atoms with van der Waals surface area (Å²) in [6.07, 6.45) is 0.910. The third-order valence-corrected chi connectivity index (χ3v) is 6.35. The second-order valence-electron chi connectivity index (χ2n) is 4.19. The maximum atomic E-state index is 12.5. The van der Waals surface area contributed by atoms with Crippen molar-refractivity contribution in [2.75, 3.05) is 6.54 Å². The van der Waals surface area contributed by atoms with Crippen molar-refractivity contribution in [3.8, 4) is 0 Å². The SMILES string of the molecule is O=C(O)[C@@H]1CCCN1S(=O)(=O)c1ccc(Br)cc1Br. The first-order chi connectivity index (χ1) is 8.84. The van der Waals surface area contributed by atoms with Gasteiger partial charge in [-0.3, -0.25) is 4.79 Å². The number of nitrogens with zero attached hydrogens (tertiary/aromatic N) is 1. The Kier molecular flexibility index (Phi) is 4.34. The van der Waals surface area contributed by atoms with Crippen molar-refractivity contribution in [3.05, 3.63) is 27.1 Å². The van der Waals surface area contributed by atoms with Crippen molar-refractivity contribution in [3.63, 3.8) is 0 Å². The van der Waals surface area contributed by atoms with Crippen LogP contribution in [0, 0.1) is 0 Å². The highest BCUT2D eigenvalue weighted by Gasteiger charge is 2.40. The van der Waals surface area contributed by atoms with Gasteiger partial charge in [0.2, 0.25) is 10.0 Å². The summed E-state index contributed by atoms with van der Waals surface area (Å²) in [5, 5.41) is 9.08. The Morgan fingerprint density at radius 2 is 2.05 bits per heavy atom. The van der Waals surface area contributed by atoms with E-state index in [9.17, 15) is 13.2 Å². The Morgan fingerprint density at radius 1 is 1.37 bits per heavy atom. The Morgan fingerprint density at radius 3 is 2.63 bits per heavy atom. The van der Waals surface area contributed by atoms with Gasteiger partial charge in [-0.1, -0.05) is 15.9 Å². The van der Waals surface area contributed by atoms with Gasteiger partial charge in [-0.15, -0.1) is 0 Å². The van der Waals surface area contributed by atoms with Gasteiger partial charge in [0.05, 0.1) is 4.90 Å². The van der Waals surface area contributed by atoms with Crippen LogP contribution in [0.15, 0.2) is 32.0 Å². The molecule has 0 radical (unpaired) electrons. The van der Waals surface area contributed by atoms with Gasteiger partial charge in [-0.05, 0) is 47.0 Å². The smallest absolute Gasteiger partial charge is 0.322 e. The van der Waals surface area contributed by atoms with Gasteiger partial charge in [0.15, 0.2) is 0 Å². The van der Waals surface area contributed by atoms with Gasteiger partial charge >= 0.3 is 5.97 Å². The Bertz CT molecular complexity index is 617. The van der Waals surface area contributed by atoms with Crippen molar-refractivity contribution in [2.45, 2.75) is 23.8 Å². The lowest BCUT2D eigenvalue weighted by molar-refractivity contribution is -0.140. The van der Waals surface area contributed by atoms with E-state index in [1.54, 1.807) is 12.1 Å². The van der Waals surface area contributed by atoms with Crippen LogP contribution in [0.1, 0.15) is 12.8 Å². The normalized spacial score (nSPS) is 20.6. The van der Waals surface area contributed by atoms with Crippen LogP contribution in [0.3, 0.4) is 0 Å². The number of rotatable bonds is 3. The average molecular weight is 413 g/mol. The van der Waals surface area contributed by atoms with Gasteiger partial charge < -0.3 is 5.11 Å². The minimum Gasteiger partial charge on any atom is -0.480 e. The van der Waals surface area contributed by atoms with E-state index in [-0.39, 0.29) is 11.4 Å². The van der Waals surface area contributed by atoms with Crippen LogP contribution in [0.2, 0.25) is 0 Å². The van der Waals surface area contributed by atoms with Crippen LogP contribution >= 0.6 is 31.9 Å². The van der Waals surface area contributed by atoms with Crippen molar-refractivity contribution in [1.29, 1.82) is 0 Å². The molecular formula is C11H11Br2NO4S. The number of carbonyl (C=O) groups is 1. The molecule has 2 rings (SSSR count). The molecule has 1 saturated heterocycles. The summed E-state index contributed by atoms with van der Waals surface area (Å²) in [4.78, 5) is 11.2. The van der Waals surface area contributed by atoms with Crippen molar-refractivity contribution < 1.29 is 18.3 Å². The molecule has 0 unspecified atom stereocenters. The average Bonchev–Trinajstić information content (AvgIpc) is 2.77. The lowest BCUT2D eigenvalue weighted by Crippen LogP contribution is -2.40. The van der Waals surface area contributed by atoms with E-state index in [0.717, 1.165) is 8.78 Å². The monoisotopic (exact) mass is 411 g/mol.